The van der Waals surface area contributed by atoms with Crippen molar-refractivity contribution in [3.8, 4) is 0 Å². The highest BCUT2D eigenvalue weighted by Crippen LogP contribution is 2.15. The first-order valence-corrected chi connectivity index (χ1v) is 8.11. The van der Waals surface area contributed by atoms with Crippen LogP contribution in [0.25, 0.3) is 0 Å². The molecule has 1 saturated heterocycles. The standard InChI is InChI=1S/C16H30N4O/c1-13(2)11-15(20-7-9-21-10-8-20)12-17-14(3)16-5-6-18-19(16)4/h5-6,13-15,17H,7-12H2,1-4H3. The van der Waals surface area contributed by atoms with E-state index in [1.165, 1.54) is 12.1 Å². The number of rotatable bonds is 7. The van der Waals surface area contributed by atoms with Crippen molar-refractivity contribution in [3.05, 3.63) is 18.0 Å². The highest BCUT2D eigenvalue weighted by atomic mass is 16.5. The average Bonchev–Trinajstić information content (AvgIpc) is 2.90. The van der Waals surface area contributed by atoms with E-state index < -0.39 is 0 Å². The summed E-state index contributed by atoms with van der Waals surface area (Å²) in [4.78, 5) is 2.58. The first-order valence-electron chi connectivity index (χ1n) is 8.11. The SMILES string of the molecule is CC(C)CC(CNC(C)c1ccnn1C)N1CCOCC1. The first-order chi connectivity index (χ1) is 10.1. The monoisotopic (exact) mass is 294 g/mol. The second kappa shape index (κ2) is 7.92. The van der Waals surface area contributed by atoms with E-state index >= 15 is 0 Å². The minimum atomic E-state index is 0.327. The van der Waals surface area contributed by atoms with E-state index in [0.717, 1.165) is 32.8 Å². The van der Waals surface area contributed by atoms with E-state index in [1.54, 1.807) is 0 Å². The molecule has 0 aromatic carbocycles. The summed E-state index contributed by atoms with van der Waals surface area (Å²) in [5.41, 5.74) is 1.24. The maximum Gasteiger partial charge on any atom is 0.0594 e. The molecule has 5 heteroatoms. The second-order valence-electron chi connectivity index (χ2n) is 6.44. The molecule has 2 heterocycles. The molecule has 1 aliphatic heterocycles. The van der Waals surface area contributed by atoms with Crippen LogP contribution >= 0.6 is 0 Å². The van der Waals surface area contributed by atoms with Crippen LogP contribution in [0.4, 0.5) is 0 Å². The Morgan fingerprint density at radius 1 is 1.29 bits per heavy atom. The third-order valence-electron chi connectivity index (χ3n) is 4.27. The van der Waals surface area contributed by atoms with Crippen molar-refractivity contribution in [2.75, 3.05) is 32.8 Å². The van der Waals surface area contributed by atoms with Gasteiger partial charge in [0.25, 0.3) is 0 Å². The van der Waals surface area contributed by atoms with Crippen LogP contribution in [-0.2, 0) is 11.8 Å². The predicted octanol–water partition coefficient (Wildman–Crippen LogP) is 1.82. The molecule has 0 radical (unpaired) electrons. The molecule has 0 bridgehead atoms. The summed E-state index contributed by atoms with van der Waals surface area (Å²) in [5, 5.41) is 7.94. The van der Waals surface area contributed by atoms with E-state index in [-0.39, 0.29) is 0 Å². The van der Waals surface area contributed by atoms with Crippen molar-refractivity contribution in [3.63, 3.8) is 0 Å². The van der Waals surface area contributed by atoms with Gasteiger partial charge in [-0.25, -0.2) is 0 Å². The minimum absolute atomic E-state index is 0.327. The van der Waals surface area contributed by atoms with Crippen molar-refractivity contribution < 1.29 is 4.74 Å². The van der Waals surface area contributed by atoms with E-state index in [1.807, 2.05) is 17.9 Å². The van der Waals surface area contributed by atoms with Gasteiger partial charge >= 0.3 is 0 Å². The second-order valence-corrected chi connectivity index (χ2v) is 6.44. The third kappa shape index (κ3) is 4.80. The summed E-state index contributed by atoms with van der Waals surface area (Å²) < 4.78 is 7.43. The zero-order valence-corrected chi connectivity index (χ0v) is 13.9. The molecule has 0 saturated carbocycles. The van der Waals surface area contributed by atoms with Crippen molar-refractivity contribution in [1.82, 2.24) is 20.0 Å². The molecule has 5 nitrogen and oxygen atoms in total. The number of morpholine rings is 1. The molecule has 21 heavy (non-hydrogen) atoms. The van der Waals surface area contributed by atoms with Gasteiger partial charge in [0.15, 0.2) is 0 Å². The fraction of sp³-hybridized carbons (Fsp3) is 0.812. The molecule has 120 valence electrons. The Morgan fingerprint density at radius 2 is 2.00 bits per heavy atom. The number of ether oxygens (including phenoxy) is 1. The number of nitrogens with zero attached hydrogens (tertiary/aromatic N) is 3. The lowest BCUT2D eigenvalue weighted by molar-refractivity contribution is 0.0118. The Bertz CT molecular complexity index is 412. The minimum Gasteiger partial charge on any atom is -0.379 e. The van der Waals surface area contributed by atoms with Gasteiger partial charge in [-0.05, 0) is 25.3 Å². The van der Waals surface area contributed by atoms with Gasteiger partial charge in [-0.1, -0.05) is 13.8 Å². The van der Waals surface area contributed by atoms with Crippen LogP contribution in [0.3, 0.4) is 0 Å². The van der Waals surface area contributed by atoms with Gasteiger partial charge in [0.05, 0.1) is 18.9 Å². The van der Waals surface area contributed by atoms with Crippen LogP contribution in [0.15, 0.2) is 12.3 Å². The van der Waals surface area contributed by atoms with Crippen LogP contribution in [-0.4, -0.2) is 53.6 Å². The van der Waals surface area contributed by atoms with Gasteiger partial charge in [-0.3, -0.25) is 9.58 Å². The summed E-state index contributed by atoms with van der Waals surface area (Å²) in [5.74, 6) is 0.714. The van der Waals surface area contributed by atoms with Gasteiger partial charge in [0.1, 0.15) is 0 Å². The number of hydrogen-bond acceptors (Lipinski definition) is 4. The summed E-state index contributed by atoms with van der Waals surface area (Å²) in [7, 11) is 2.00. The first kappa shape index (κ1) is 16.5. The maximum atomic E-state index is 5.48. The van der Waals surface area contributed by atoms with Crippen molar-refractivity contribution in [2.45, 2.75) is 39.3 Å². The number of nitrogens with one attached hydrogen (secondary N) is 1. The van der Waals surface area contributed by atoms with Gasteiger partial charge in [0.2, 0.25) is 0 Å². The van der Waals surface area contributed by atoms with Gasteiger partial charge < -0.3 is 10.1 Å². The third-order valence-corrected chi connectivity index (χ3v) is 4.27. The molecular weight excluding hydrogens is 264 g/mol. The Kier molecular flexibility index (Phi) is 6.21. The summed E-state index contributed by atoms with van der Waals surface area (Å²) in [6.45, 7) is 11.7. The van der Waals surface area contributed by atoms with Gasteiger partial charge in [-0.15, -0.1) is 0 Å². The van der Waals surface area contributed by atoms with Crippen molar-refractivity contribution >= 4 is 0 Å². The molecule has 0 aliphatic carbocycles. The molecule has 2 rings (SSSR count). The molecule has 0 amide bonds. The van der Waals surface area contributed by atoms with Crippen LogP contribution in [0, 0.1) is 5.92 Å². The molecule has 0 spiro atoms. The number of hydrogen-bond donors (Lipinski definition) is 1. The van der Waals surface area contributed by atoms with Crippen LogP contribution in [0.2, 0.25) is 0 Å². The van der Waals surface area contributed by atoms with Crippen LogP contribution in [0.1, 0.15) is 38.9 Å². The Hall–Kier alpha value is -0.910. The normalized spacial score (nSPS) is 19.9. The molecule has 1 fully saturated rings. The van der Waals surface area contributed by atoms with Crippen molar-refractivity contribution in [1.29, 1.82) is 0 Å². The number of aryl methyl sites for hydroxylation is 1. The lowest BCUT2D eigenvalue weighted by atomic mass is 10.0. The summed E-state index contributed by atoms with van der Waals surface area (Å²) in [6.07, 6.45) is 3.09. The van der Waals surface area contributed by atoms with E-state index in [0.29, 0.717) is 18.0 Å². The van der Waals surface area contributed by atoms with Gasteiger partial charge in [0, 0.05) is 45.0 Å². The highest BCUT2D eigenvalue weighted by Gasteiger charge is 2.22. The van der Waals surface area contributed by atoms with Crippen molar-refractivity contribution in [2.24, 2.45) is 13.0 Å². The van der Waals surface area contributed by atoms with Gasteiger partial charge in [-0.2, -0.15) is 5.10 Å². The van der Waals surface area contributed by atoms with Crippen LogP contribution in [0.5, 0.6) is 0 Å². The molecule has 1 N–H and O–H groups in total. The van der Waals surface area contributed by atoms with E-state index in [4.69, 9.17) is 4.74 Å². The Labute approximate surface area is 128 Å². The zero-order valence-electron chi connectivity index (χ0n) is 13.9. The fourth-order valence-corrected chi connectivity index (χ4v) is 3.07. The highest BCUT2D eigenvalue weighted by molar-refractivity contribution is 5.05. The molecule has 2 atom stereocenters. The molecule has 2 unspecified atom stereocenters. The molecule has 1 aromatic rings. The average molecular weight is 294 g/mol. The largest absolute Gasteiger partial charge is 0.379 e. The quantitative estimate of drug-likeness (QED) is 0.833. The van der Waals surface area contributed by atoms with Crippen LogP contribution < -0.4 is 5.32 Å². The Morgan fingerprint density at radius 3 is 2.57 bits per heavy atom. The molecule has 1 aliphatic rings. The molecule has 1 aromatic heterocycles. The maximum absolute atomic E-state index is 5.48. The fourth-order valence-electron chi connectivity index (χ4n) is 3.07. The zero-order chi connectivity index (χ0) is 15.2. The van der Waals surface area contributed by atoms with E-state index in [9.17, 15) is 0 Å². The summed E-state index contributed by atoms with van der Waals surface area (Å²) >= 11 is 0. The Balaban J connectivity index is 1.90. The lowest BCUT2D eigenvalue weighted by Crippen LogP contribution is -2.48. The molecular formula is C16H30N4O. The topological polar surface area (TPSA) is 42.3 Å². The number of aromatic nitrogens is 2. The smallest absolute Gasteiger partial charge is 0.0594 e. The summed E-state index contributed by atoms with van der Waals surface area (Å²) in [6, 6.07) is 3.00. The van der Waals surface area contributed by atoms with E-state index in [2.05, 4.69) is 42.2 Å². The lowest BCUT2D eigenvalue weighted by Gasteiger charge is -2.36. The predicted molar refractivity (Wildman–Crippen MR) is 85.3 cm³/mol.